The van der Waals surface area contributed by atoms with Gasteiger partial charge in [0.15, 0.2) is 5.43 Å². The second-order valence-corrected chi connectivity index (χ2v) is 7.25. The van der Waals surface area contributed by atoms with Crippen molar-refractivity contribution in [2.45, 2.75) is 0 Å². The number of fused-ring (bicyclic) bond motifs is 1. The molecule has 32 heavy (non-hydrogen) atoms. The van der Waals surface area contributed by atoms with Gasteiger partial charge in [-0.2, -0.15) is 0 Å². The molecule has 0 unspecified atom stereocenters. The van der Waals surface area contributed by atoms with E-state index in [1.165, 1.54) is 12.3 Å². The highest BCUT2D eigenvalue weighted by Crippen LogP contribution is 2.27. The van der Waals surface area contributed by atoms with Crippen molar-refractivity contribution in [3.05, 3.63) is 119 Å². The van der Waals surface area contributed by atoms with Crippen molar-refractivity contribution in [1.82, 2.24) is 9.55 Å². The largest absolute Gasteiger partial charge is 0.341 e. The van der Waals surface area contributed by atoms with Crippen LogP contribution in [-0.4, -0.2) is 9.55 Å². The highest BCUT2D eigenvalue weighted by molar-refractivity contribution is 5.86. The molecule has 2 N–H and O–H groups in total. The fourth-order valence-electron chi connectivity index (χ4n) is 3.60. The molecule has 0 bridgehead atoms. The van der Waals surface area contributed by atoms with Crippen molar-refractivity contribution < 1.29 is 4.39 Å². The van der Waals surface area contributed by atoms with Gasteiger partial charge < -0.3 is 10.6 Å². The smallest absolute Gasteiger partial charge is 0.193 e. The van der Waals surface area contributed by atoms with Gasteiger partial charge >= 0.3 is 0 Å². The minimum atomic E-state index is -0.380. The lowest BCUT2D eigenvalue weighted by Crippen LogP contribution is -2.13. The standard InChI is InChI=1S/C26H19FN4O/c27-21-13-7-8-14-22(21)30-25-15-23-20(17-28-25)24(32)16-26(29-18-9-3-1-4-10-18)31(23)19-11-5-2-6-12-19/h1-17,29H,(H,28,30). The average Bonchev–Trinajstić information content (AvgIpc) is 2.82. The molecule has 0 aliphatic heterocycles. The zero-order valence-corrected chi connectivity index (χ0v) is 17.0. The number of aromatic nitrogens is 2. The first-order valence-corrected chi connectivity index (χ1v) is 10.1. The molecule has 156 valence electrons. The van der Waals surface area contributed by atoms with E-state index < -0.39 is 0 Å². The van der Waals surface area contributed by atoms with Crippen molar-refractivity contribution in [1.29, 1.82) is 0 Å². The Kier molecular flexibility index (Phi) is 5.09. The quantitative estimate of drug-likeness (QED) is 0.364. The highest BCUT2D eigenvalue weighted by Gasteiger charge is 2.13. The predicted molar refractivity (Wildman–Crippen MR) is 127 cm³/mol. The monoisotopic (exact) mass is 422 g/mol. The number of hydrogen-bond donors (Lipinski definition) is 2. The van der Waals surface area contributed by atoms with Gasteiger partial charge in [-0.1, -0.05) is 48.5 Å². The SMILES string of the molecule is O=c1cc(Nc2ccccc2)n(-c2ccccc2)c2cc(Nc3ccccc3F)ncc12. The molecule has 5 nitrogen and oxygen atoms in total. The van der Waals surface area contributed by atoms with Crippen molar-refractivity contribution in [2.75, 3.05) is 10.6 Å². The first-order valence-electron chi connectivity index (χ1n) is 10.1. The Morgan fingerprint density at radius 3 is 2.22 bits per heavy atom. The average molecular weight is 422 g/mol. The molecule has 0 radical (unpaired) electrons. The molecule has 0 saturated heterocycles. The van der Waals surface area contributed by atoms with Gasteiger partial charge in [-0.3, -0.25) is 9.36 Å². The minimum Gasteiger partial charge on any atom is -0.341 e. The molecular formula is C26H19FN4O. The Balaban J connectivity index is 1.71. The normalized spacial score (nSPS) is 10.8. The van der Waals surface area contributed by atoms with Crippen LogP contribution in [0.1, 0.15) is 0 Å². The second kappa shape index (κ2) is 8.35. The molecule has 5 aromatic rings. The molecule has 3 aromatic carbocycles. The summed E-state index contributed by atoms with van der Waals surface area (Å²) in [6.45, 7) is 0. The predicted octanol–water partition coefficient (Wildman–Crippen LogP) is 6.01. The summed E-state index contributed by atoms with van der Waals surface area (Å²) in [7, 11) is 0. The van der Waals surface area contributed by atoms with Crippen LogP contribution < -0.4 is 16.1 Å². The van der Waals surface area contributed by atoms with E-state index in [1.807, 2.05) is 65.2 Å². The van der Waals surface area contributed by atoms with Crippen LogP contribution in [0.4, 0.5) is 27.4 Å². The molecule has 0 spiro atoms. The highest BCUT2D eigenvalue weighted by atomic mass is 19.1. The first kappa shape index (κ1) is 19.5. The molecule has 0 aliphatic carbocycles. The van der Waals surface area contributed by atoms with Crippen LogP contribution in [0.5, 0.6) is 0 Å². The van der Waals surface area contributed by atoms with Crippen LogP contribution in [0.25, 0.3) is 16.6 Å². The van der Waals surface area contributed by atoms with Crippen LogP contribution in [0.15, 0.2) is 108 Å². The van der Waals surface area contributed by atoms with E-state index in [9.17, 15) is 9.18 Å². The summed E-state index contributed by atoms with van der Waals surface area (Å²) in [5.41, 5.74) is 2.53. The van der Waals surface area contributed by atoms with E-state index in [0.717, 1.165) is 11.4 Å². The van der Waals surface area contributed by atoms with Gasteiger partial charge in [0.05, 0.1) is 16.6 Å². The Morgan fingerprint density at radius 2 is 1.47 bits per heavy atom. The van der Waals surface area contributed by atoms with Crippen LogP contribution in [-0.2, 0) is 0 Å². The second-order valence-electron chi connectivity index (χ2n) is 7.25. The summed E-state index contributed by atoms with van der Waals surface area (Å²) in [6.07, 6.45) is 1.52. The van der Waals surface area contributed by atoms with E-state index in [0.29, 0.717) is 28.2 Å². The van der Waals surface area contributed by atoms with Crippen molar-refractivity contribution >= 4 is 33.9 Å². The number of rotatable bonds is 5. The van der Waals surface area contributed by atoms with Gasteiger partial charge in [-0.05, 0) is 36.4 Å². The van der Waals surface area contributed by atoms with Gasteiger partial charge in [-0.25, -0.2) is 9.37 Å². The first-order chi connectivity index (χ1) is 15.7. The Bertz CT molecular complexity index is 1450. The summed E-state index contributed by atoms with van der Waals surface area (Å²) in [6, 6.07) is 29.1. The molecule has 0 aliphatic rings. The van der Waals surface area contributed by atoms with Crippen molar-refractivity contribution in [2.24, 2.45) is 0 Å². The lowest BCUT2D eigenvalue weighted by atomic mass is 10.2. The lowest BCUT2D eigenvalue weighted by molar-refractivity contribution is 0.632. The number of nitrogens with one attached hydrogen (secondary N) is 2. The molecular weight excluding hydrogens is 403 g/mol. The van der Waals surface area contributed by atoms with Gasteiger partial charge in [0, 0.05) is 29.7 Å². The number of benzene rings is 3. The zero-order valence-electron chi connectivity index (χ0n) is 17.0. The summed E-state index contributed by atoms with van der Waals surface area (Å²) in [4.78, 5) is 17.3. The van der Waals surface area contributed by atoms with Gasteiger partial charge in [-0.15, -0.1) is 0 Å². The Morgan fingerprint density at radius 1 is 0.781 bits per heavy atom. The Hall–Kier alpha value is -4.45. The zero-order chi connectivity index (χ0) is 21.9. The lowest BCUT2D eigenvalue weighted by Gasteiger charge is -2.19. The van der Waals surface area contributed by atoms with Crippen LogP contribution >= 0.6 is 0 Å². The topological polar surface area (TPSA) is 59.0 Å². The number of pyridine rings is 2. The fourth-order valence-corrected chi connectivity index (χ4v) is 3.60. The summed E-state index contributed by atoms with van der Waals surface area (Å²) in [5, 5.41) is 6.82. The molecule has 5 rings (SSSR count). The third kappa shape index (κ3) is 3.81. The van der Waals surface area contributed by atoms with Gasteiger partial charge in [0.2, 0.25) is 0 Å². The summed E-state index contributed by atoms with van der Waals surface area (Å²) in [5.74, 6) is 0.667. The molecule has 2 aromatic heterocycles. The van der Waals surface area contributed by atoms with Crippen LogP contribution in [0.2, 0.25) is 0 Å². The van der Waals surface area contributed by atoms with E-state index in [4.69, 9.17) is 0 Å². The minimum absolute atomic E-state index is 0.157. The molecule has 0 fully saturated rings. The van der Waals surface area contributed by atoms with Crippen molar-refractivity contribution in [3.63, 3.8) is 0 Å². The molecule has 2 heterocycles. The maximum atomic E-state index is 14.1. The molecule has 6 heteroatoms. The number of anilines is 4. The number of halogens is 1. The molecule has 0 saturated carbocycles. The third-order valence-corrected chi connectivity index (χ3v) is 5.09. The number of nitrogens with zero attached hydrogens (tertiary/aromatic N) is 2. The van der Waals surface area contributed by atoms with Gasteiger partial charge in [0.25, 0.3) is 0 Å². The number of hydrogen-bond acceptors (Lipinski definition) is 4. The van der Waals surface area contributed by atoms with Crippen LogP contribution in [0, 0.1) is 5.82 Å². The fraction of sp³-hybridized carbons (Fsp3) is 0. The number of para-hydroxylation sites is 3. The Labute approximate surface area is 183 Å². The summed E-state index contributed by atoms with van der Waals surface area (Å²) >= 11 is 0. The van der Waals surface area contributed by atoms with E-state index in [2.05, 4.69) is 15.6 Å². The third-order valence-electron chi connectivity index (χ3n) is 5.09. The molecule has 0 amide bonds. The van der Waals surface area contributed by atoms with E-state index in [1.54, 1.807) is 30.3 Å². The molecule has 0 atom stereocenters. The van der Waals surface area contributed by atoms with Crippen molar-refractivity contribution in [3.8, 4) is 5.69 Å². The van der Waals surface area contributed by atoms with E-state index in [-0.39, 0.29) is 11.2 Å². The van der Waals surface area contributed by atoms with Gasteiger partial charge in [0.1, 0.15) is 17.5 Å². The maximum absolute atomic E-state index is 14.1. The maximum Gasteiger partial charge on any atom is 0.193 e. The van der Waals surface area contributed by atoms with Crippen LogP contribution in [0.3, 0.4) is 0 Å². The van der Waals surface area contributed by atoms with E-state index >= 15 is 0 Å². The summed E-state index contributed by atoms with van der Waals surface area (Å²) < 4.78 is 16.1.